The van der Waals surface area contributed by atoms with Gasteiger partial charge in [0.15, 0.2) is 0 Å². The van der Waals surface area contributed by atoms with Crippen LogP contribution in [0.15, 0.2) is 23.4 Å². The van der Waals surface area contributed by atoms with E-state index in [0.717, 1.165) is 17.8 Å². The predicted octanol–water partition coefficient (Wildman–Crippen LogP) is 2.25. The number of carbonyl (C=O) groups is 1. The molecule has 0 aliphatic carbocycles. The fourth-order valence-corrected chi connectivity index (χ4v) is 1.64. The molecule has 1 aromatic rings. The van der Waals surface area contributed by atoms with Crippen molar-refractivity contribution in [2.24, 2.45) is 5.16 Å². The topological polar surface area (TPSA) is 62.7 Å². The summed E-state index contributed by atoms with van der Waals surface area (Å²) in [5.41, 5.74) is 0.774. The first-order valence-electron chi connectivity index (χ1n) is 5.74. The summed E-state index contributed by atoms with van der Waals surface area (Å²) in [4.78, 5) is 16.5. The molecule has 1 aromatic carbocycles. The Hall–Kier alpha value is -2.18. The second-order valence-corrected chi connectivity index (χ2v) is 4.22. The van der Waals surface area contributed by atoms with Crippen LogP contribution in [-0.4, -0.2) is 24.4 Å². The Bertz CT molecular complexity index is 520. The van der Waals surface area contributed by atoms with Crippen molar-refractivity contribution in [1.29, 1.82) is 0 Å². The third-order valence-electron chi connectivity index (χ3n) is 2.55. The first-order valence-corrected chi connectivity index (χ1v) is 5.74. The standard InChI is InChI=1S/C12H13F2N3O2/c1-7-4-9(19-17-7)6-15-12(18)16-11-3-2-8(13)5-10(11)14/h2-3,5,9H,4,6H2,1H3,(H2,15,16,18)/t9-/m1/s1. The number of amides is 2. The number of carbonyl (C=O) groups excluding carboxylic acids is 1. The highest BCUT2D eigenvalue weighted by Crippen LogP contribution is 2.14. The lowest BCUT2D eigenvalue weighted by atomic mass is 10.2. The van der Waals surface area contributed by atoms with Gasteiger partial charge >= 0.3 is 6.03 Å². The lowest BCUT2D eigenvalue weighted by Gasteiger charge is -2.11. The minimum absolute atomic E-state index is 0.0846. The number of hydrogen-bond acceptors (Lipinski definition) is 3. The van der Waals surface area contributed by atoms with Gasteiger partial charge in [-0.05, 0) is 19.1 Å². The summed E-state index contributed by atoms with van der Waals surface area (Å²) in [7, 11) is 0. The van der Waals surface area contributed by atoms with Crippen LogP contribution in [0.2, 0.25) is 0 Å². The van der Waals surface area contributed by atoms with Gasteiger partial charge < -0.3 is 15.5 Å². The summed E-state index contributed by atoms with van der Waals surface area (Å²) in [5.74, 6) is -1.53. The molecular weight excluding hydrogens is 256 g/mol. The van der Waals surface area contributed by atoms with E-state index >= 15 is 0 Å². The minimum atomic E-state index is -0.827. The van der Waals surface area contributed by atoms with Crippen LogP contribution in [0, 0.1) is 11.6 Å². The first-order chi connectivity index (χ1) is 9.04. The van der Waals surface area contributed by atoms with E-state index in [-0.39, 0.29) is 18.3 Å². The van der Waals surface area contributed by atoms with Crippen LogP contribution in [0.4, 0.5) is 19.3 Å². The second kappa shape index (κ2) is 5.64. The Balaban J connectivity index is 1.81. The second-order valence-electron chi connectivity index (χ2n) is 4.22. The molecule has 0 saturated carbocycles. The van der Waals surface area contributed by atoms with E-state index in [2.05, 4.69) is 15.8 Å². The van der Waals surface area contributed by atoms with E-state index in [1.54, 1.807) is 0 Å². The number of oxime groups is 1. The quantitative estimate of drug-likeness (QED) is 0.884. The Labute approximate surface area is 108 Å². The molecule has 19 heavy (non-hydrogen) atoms. The Morgan fingerprint density at radius 1 is 1.53 bits per heavy atom. The van der Waals surface area contributed by atoms with Crippen molar-refractivity contribution in [2.45, 2.75) is 19.4 Å². The smallest absolute Gasteiger partial charge is 0.319 e. The number of anilines is 1. The Kier molecular flexibility index (Phi) is 3.94. The van der Waals surface area contributed by atoms with Crippen LogP contribution in [0.3, 0.4) is 0 Å². The number of benzene rings is 1. The molecule has 1 heterocycles. The molecule has 0 fully saturated rings. The first kappa shape index (κ1) is 13.3. The number of halogens is 2. The fourth-order valence-electron chi connectivity index (χ4n) is 1.64. The molecule has 2 N–H and O–H groups in total. The number of rotatable bonds is 3. The predicted molar refractivity (Wildman–Crippen MR) is 66.0 cm³/mol. The molecule has 0 aromatic heterocycles. The zero-order valence-corrected chi connectivity index (χ0v) is 10.2. The molecule has 0 spiro atoms. The van der Waals surface area contributed by atoms with Gasteiger partial charge in [-0.2, -0.15) is 0 Å². The van der Waals surface area contributed by atoms with Gasteiger partial charge in [-0.3, -0.25) is 0 Å². The molecule has 2 amide bonds. The van der Waals surface area contributed by atoms with Gasteiger partial charge in [-0.1, -0.05) is 5.16 Å². The summed E-state index contributed by atoms with van der Waals surface area (Å²) in [6.07, 6.45) is 0.439. The molecule has 1 aliphatic heterocycles. The third kappa shape index (κ3) is 3.64. The average molecular weight is 269 g/mol. The van der Waals surface area contributed by atoms with Crippen molar-refractivity contribution in [3.63, 3.8) is 0 Å². The maximum Gasteiger partial charge on any atom is 0.319 e. The van der Waals surface area contributed by atoms with Crippen molar-refractivity contribution in [1.82, 2.24) is 5.32 Å². The number of urea groups is 1. The maximum absolute atomic E-state index is 13.3. The van der Waals surface area contributed by atoms with Crippen LogP contribution >= 0.6 is 0 Å². The van der Waals surface area contributed by atoms with Crippen molar-refractivity contribution in [2.75, 3.05) is 11.9 Å². The molecule has 0 bridgehead atoms. The Morgan fingerprint density at radius 3 is 2.95 bits per heavy atom. The largest absolute Gasteiger partial charge is 0.390 e. The molecule has 7 heteroatoms. The monoisotopic (exact) mass is 269 g/mol. The van der Waals surface area contributed by atoms with Gasteiger partial charge in [0.1, 0.15) is 17.7 Å². The molecule has 1 aliphatic rings. The van der Waals surface area contributed by atoms with E-state index in [9.17, 15) is 13.6 Å². The van der Waals surface area contributed by atoms with Crippen molar-refractivity contribution < 1.29 is 18.4 Å². The maximum atomic E-state index is 13.3. The third-order valence-corrected chi connectivity index (χ3v) is 2.55. The Morgan fingerprint density at radius 2 is 2.32 bits per heavy atom. The van der Waals surface area contributed by atoms with Gasteiger partial charge in [-0.25, -0.2) is 13.6 Å². The molecule has 0 saturated heterocycles. The summed E-state index contributed by atoms with van der Waals surface area (Å²) < 4.78 is 26.0. The van der Waals surface area contributed by atoms with E-state index in [4.69, 9.17) is 4.84 Å². The van der Waals surface area contributed by atoms with Crippen LogP contribution in [0.1, 0.15) is 13.3 Å². The van der Waals surface area contributed by atoms with Gasteiger partial charge in [0.25, 0.3) is 0 Å². The molecule has 0 unspecified atom stereocenters. The van der Waals surface area contributed by atoms with E-state index in [0.29, 0.717) is 12.5 Å². The lowest BCUT2D eigenvalue weighted by molar-refractivity contribution is 0.0870. The van der Waals surface area contributed by atoms with Crippen molar-refractivity contribution in [3.05, 3.63) is 29.8 Å². The van der Waals surface area contributed by atoms with E-state index in [1.165, 1.54) is 0 Å². The summed E-state index contributed by atoms with van der Waals surface area (Å²) in [6.45, 7) is 2.09. The van der Waals surface area contributed by atoms with Gasteiger partial charge in [-0.15, -0.1) is 0 Å². The van der Waals surface area contributed by atoms with Gasteiger partial charge in [0.05, 0.1) is 17.9 Å². The van der Waals surface area contributed by atoms with Crippen LogP contribution < -0.4 is 10.6 Å². The average Bonchev–Trinajstić information content (AvgIpc) is 2.76. The number of nitrogens with one attached hydrogen (secondary N) is 2. The highest BCUT2D eigenvalue weighted by atomic mass is 19.1. The zero-order chi connectivity index (χ0) is 13.8. The summed E-state index contributed by atoms with van der Waals surface area (Å²) >= 11 is 0. The van der Waals surface area contributed by atoms with Crippen LogP contribution in [-0.2, 0) is 4.84 Å². The van der Waals surface area contributed by atoms with Crippen molar-refractivity contribution >= 4 is 17.4 Å². The molecule has 0 radical (unpaired) electrons. The molecule has 102 valence electrons. The zero-order valence-electron chi connectivity index (χ0n) is 10.2. The number of hydrogen-bond donors (Lipinski definition) is 2. The van der Waals surface area contributed by atoms with Gasteiger partial charge in [0.2, 0.25) is 0 Å². The minimum Gasteiger partial charge on any atom is -0.390 e. The van der Waals surface area contributed by atoms with Crippen LogP contribution in [0.5, 0.6) is 0 Å². The van der Waals surface area contributed by atoms with E-state index < -0.39 is 17.7 Å². The summed E-state index contributed by atoms with van der Waals surface area (Å²) in [6, 6.07) is 2.34. The normalized spacial score (nSPS) is 17.6. The molecule has 1 atom stereocenters. The van der Waals surface area contributed by atoms with Crippen molar-refractivity contribution in [3.8, 4) is 0 Å². The lowest BCUT2D eigenvalue weighted by Crippen LogP contribution is -2.35. The SMILES string of the molecule is CC1=NO[C@@H](CNC(=O)Nc2ccc(F)cc2F)C1. The molecule has 2 rings (SSSR count). The molecule has 5 nitrogen and oxygen atoms in total. The highest BCUT2D eigenvalue weighted by molar-refractivity contribution is 5.89. The van der Waals surface area contributed by atoms with Crippen LogP contribution in [0.25, 0.3) is 0 Å². The molecular formula is C12H13F2N3O2. The number of nitrogens with zero attached hydrogens (tertiary/aromatic N) is 1. The summed E-state index contributed by atoms with van der Waals surface area (Å²) in [5, 5.41) is 8.56. The highest BCUT2D eigenvalue weighted by Gasteiger charge is 2.18. The van der Waals surface area contributed by atoms with Gasteiger partial charge in [0, 0.05) is 12.5 Å². The van der Waals surface area contributed by atoms with E-state index in [1.807, 2.05) is 6.92 Å². The fraction of sp³-hybridized carbons (Fsp3) is 0.333.